The molecule has 1 unspecified atom stereocenters. The lowest BCUT2D eigenvalue weighted by molar-refractivity contribution is 0.0564. The molecule has 1 aromatic carbocycles. The molecule has 4 rings (SSSR count). The van der Waals surface area contributed by atoms with Crippen LogP contribution in [-0.4, -0.2) is 59.0 Å². The number of morpholine rings is 1. The summed E-state index contributed by atoms with van der Waals surface area (Å²) in [5.41, 5.74) is 10.8. The average molecular weight is 338 g/mol. The fraction of sp³-hybridized carbons (Fsp3) is 0.389. The molecule has 0 aliphatic carbocycles. The lowest BCUT2D eigenvalue weighted by atomic mass is 10.0. The summed E-state index contributed by atoms with van der Waals surface area (Å²) < 4.78 is 7.22. The van der Waals surface area contributed by atoms with Gasteiger partial charge in [-0.1, -0.05) is 11.3 Å². The molecule has 2 N–H and O–H groups in total. The first-order chi connectivity index (χ1) is 12.2. The number of anilines is 1. The van der Waals surface area contributed by atoms with E-state index in [0.717, 1.165) is 54.6 Å². The third-order valence-electron chi connectivity index (χ3n) is 4.64. The molecule has 1 atom stereocenters. The highest BCUT2D eigenvalue weighted by Gasteiger charge is 2.21. The van der Waals surface area contributed by atoms with Gasteiger partial charge >= 0.3 is 0 Å². The maximum absolute atomic E-state index is 5.91. The predicted octanol–water partition coefficient (Wildman–Crippen LogP) is 1.54. The molecule has 25 heavy (non-hydrogen) atoms. The normalized spacial score (nSPS) is 20.6. The highest BCUT2D eigenvalue weighted by Crippen LogP contribution is 2.24. The van der Waals surface area contributed by atoms with Gasteiger partial charge in [-0.2, -0.15) is 0 Å². The molecule has 1 aromatic heterocycles. The van der Waals surface area contributed by atoms with Crippen molar-refractivity contribution < 1.29 is 4.74 Å². The van der Waals surface area contributed by atoms with E-state index >= 15 is 0 Å². The number of aromatic nitrogens is 3. The van der Waals surface area contributed by atoms with Crippen molar-refractivity contribution in [2.45, 2.75) is 12.8 Å². The Labute approximate surface area is 146 Å². The molecule has 0 spiro atoms. The number of hydrogen-bond donors (Lipinski definition) is 1. The molecule has 1 fully saturated rings. The van der Waals surface area contributed by atoms with E-state index in [1.165, 1.54) is 0 Å². The molecule has 2 aromatic rings. The van der Waals surface area contributed by atoms with E-state index in [0.29, 0.717) is 6.54 Å². The second-order valence-electron chi connectivity index (χ2n) is 6.43. The van der Waals surface area contributed by atoms with Crippen molar-refractivity contribution in [1.29, 1.82) is 0 Å². The van der Waals surface area contributed by atoms with E-state index in [1.807, 2.05) is 37.5 Å². The smallest absolute Gasteiger partial charge is 0.0919 e. The quantitative estimate of drug-likeness (QED) is 0.859. The molecule has 130 valence electrons. The fourth-order valence-electron chi connectivity index (χ4n) is 3.19. The first-order valence-electron chi connectivity index (χ1n) is 8.54. The molecule has 1 saturated heterocycles. The topological polar surface area (TPSA) is 81.6 Å². The molecule has 0 amide bonds. The van der Waals surface area contributed by atoms with Crippen LogP contribution in [-0.2, 0) is 4.74 Å². The molecular formula is C18H22N6O. The van der Waals surface area contributed by atoms with Gasteiger partial charge in [-0.05, 0) is 30.7 Å². The molecular weight excluding hydrogens is 316 g/mol. The summed E-state index contributed by atoms with van der Waals surface area (Å²) in [7, 11) is 0. The Morgan fingerprint density at radius 1 is 1.24 bits per heavy atom. The fourth-order valence-corrected chi connectivity index (χ4v) is 3.19. The van der Waals surface area contributed by atoms with Crippen LogP contribution in [0.15, 0.2) is 41.2 Å². The van der Waals surface area contributed by atoms with E-state index in [9.17, 15) is 0 Å². The molecule has 0 radical (unpaired) electrons. The first-order valence-corrected chi connectivity index (χ1v) is 8.54. The van der Waals surface area contributed by atoms with Gasteiger partial charge in [0.15, 0.2) is 0 Å². The summed E-state index contributed by atoms with van der Waals surface area (Å²) in [5.74, 6) is 0.137. The van der Waals surface area contributed by atoms with Crippen LogP contribution in [0.3, 0.4) is 0 Å². The van der Waals surface area contributed by atoms with Crippen molar-refractivity contribution in [3.8, 4) is 5.69 Å². The number of nitrogens with two attached hydrogens (primary N) is 1. The highest BCUT2D eigenvalue weighted by molar-refractivity contribution is 5.79. The van der Waals surface area contributed by atoms with Crippen LogP contribution in [0.1, 0.15) is 17.2 Å². The lowest BCUT2D eigenvalue weighted by Gasteiger charge is -2.31. The van der Waals surface area contributed by atoms with Gasteiger partial charge in [0.1, 0.15) is 0 Å². The Bertz CT molecular complexity index is 819. The van der Waals surface area contributed by atoms with E-state index in [2.05, 4.69) is 26.3 Å². The Morgan fingerprint density at radius 3 is 2.92 bits per heavy atom. The van der Waals surface area contributed by atoms with Crippen molar-refractivity contribution in [2.75, 3.05) is 38.6 Å². The summed E-state index contributed by atoms with van der Waals surface area (Å²) in [6, 6.07) is 5.80. The van der Waals surface area contributed by atoms with E-state index in [4.69, 9.17) is 10.5 Å². The number of nitrogens with zero attached hydrogens (tertiary/aromatic N) is 5. The van der Waals surface area contributed by atoms with Crippen LogP contribution in [0.2, 0.25) is 0 Å². The molecule has 7 nitrogen and oxygen atoms in total. The minimum absolute atomic E-state index is 0.137. The second kappa shape index (κ2) is 6.68. The van der Waals surface area contributed by atoms with Gasteiger partial charge < -0.3 is 15.4 Å². The van der Waals surface area contributed by atoms with Crippen LogP contribution in [0, 0.1) is 6.92 Å². The van der Waals surface area contributed by atoms with E-state index < -0.39 is 0 Å². The monoisotopic (exact) mass is 338 g/mol. The molecule has 2 aliphatic rings. The number of aliphatic imine (C=N–C) groups is 1. The minimum Gasteiger partial charge on any atom is -0.399 e. The maximum Gasteiger partial charge on any atom is 0.0919 e. The molecule has 2 aliphatic heterocycles. The Morgan fingerprint density at radius 2 is 2.08 bits per heavy atom. The van der Waals surface area contributed by atoms with Crippen LogP contribution in [0.25, 0.3) is 5.69 Å². The van der Waals surface area contributed by atoms with Crippen molar-refractivity contribution in [3.05, 3.63) is 47.4 Å². The van der Waals surface area contributed by atoms with Gasteiger partial charge in [0.05, 0.1) is 43.0 Å². The Kier molecular flexibility index (Phi) is 4.23. The summed E-state index contributed by atoms with van der Waals surface area (Å²) in [6.07, 6.45) is 6.16. The number of nitrogen functional groups attached to an aromatic ring is 1. The average Bonchev–Trinajstić information content (AvgIpc) is 3.14. The number of aryl methyl sites for hydroxylation is 1. The van der Waals surface area contributed by atoms with Crippen molar-refractivity contribution in [3.63, 3.8) is 0 Å². The highest BCUT2D eigenvalue weighted by atomic mass is 16.5. The number of hydrogen-bond acceptors (Lipinski definition) is 6. The van der Waals surface area contributed by atoms with Gasteiger partial charge in [0, 0.05) is 30.9 Å². The number of benzene rings is 1. The van der Waals surface area contributed by atoms with Crippen LogP contribution in [0.5, 0.6) is 0 Å². The second-order valence-corrected chi connectivity index (χ2v) is 6.43. The maximum atomic E-state index is 5.91. The van der Waals surface area contributed by atoms with Gasteiger partial charge in [-0.25, -0.2) is 4.68 Å². The zero-order chi connectivity index (χ0) is 17.2. The van der Waals surface area contributed by atoms with Crippen LogP contribution in [0.4, 0.5) is 5.69 Å². The third kappa shape index (κ3) is 3.28. The number of rotatable bonds is 3. The Hall–Kier alpha value is -2.67. The van der Waals surface area contributed by atoms with Crippen molar-refractivity contribution in [2.24, 2.45) is 4.99 Å². The molecule has 3 heterocycles. The largest absolute Gasteiger partial charge is 0.399 e. The summed E-state index contributed by atoms with van der Waals surface area (Å²) in [5, 5.41) is 8.67. The predicted molar refractivity (Wildman–Crippen MR) is 97.1 cm³/mol. The zero-order valence-corrected chi connectivity index (χ0v) is 14.3. The standard InChI is InChI=1S/C18H22N6O/c1-13-2-3-15(19)9-18(13)24-12-17(21-22-24)14-8-16(11-20-10-14)23-4-6-25-7-5-23/h2-3,8-9,11-12,14H,4-7,10,19H2,1H3. The minimum atomic E-state index is 0.137. The summed E-state index contributed by atoms with van der Waals surface area (Å²) in [4.78, 5) is 6.84. The van der Waals surface area contributed by atoms with Crippen LogP contribution < -0.4 is 5.73 Å². The molecule has 7 heteroatoms. The van der Waals surface area contributed by atoms with Gasteiger partial charge in [-0.3, -0.25) is 4.99 Å². The van der Waals surface area contributed by atoms with Crippen molar-refractivity contribution >= 4 is 11.9 Å². The van der Waals surface area contributed by atoms with E-state index in [-0.39, 0.29) is 5.92 Å². The van der Waals surface area contributed by atoms with Gasteiger partial charge in [0.2, 0.25) is 0 Å². The SMILES string of the molecule is Cc1ccc(N)cc1-n1cc(C2C=C(N3CCOCC3)C=NC2)nn1. The van der Waals surface area contributed by atoms with Crippen LogP contribution >= 0.6 is 0 Å². The summed E-state index contributed by atoms with van der Waals surface area (Å²) >= 11 is 0. The zero-order valence-electron chi connectivity index (χ0n) is 14.3. The van der Waals surface area contributed by atoms with Gasteiger partial charge in [-0.15, -0.1) is 5.10 Å². The number of ether oxygens (including phenoxy) is 1. The number of allylic oxidation sites excluding steroid dienone is 1. The lowest BCUT2D eigenvalue weighted by Crippen LogP contribution is -2.37. The Balaban J connectivity index is 1.58. The van der Waals surface area contributed by atoms with E-state index in [1.54, 1.807) is 4.68 Å². The summed E-state index contributed by atoms with van der Waals surface area (Å²) in [6.45, 7) is 6.07. The first kappa shape index (κ1) is 15.8. The van der Waals surface area contributed by atoms with Gasteiger partial charge in [0.25, 0.3) is 0 Å². The van der Waals surface area contributed by atoms with Crippen molar-refractivity contribution in [1.82, 2.24) is 19.9 Å². The molecule has 0 bridgehead atoms. The third-order valence-corrected chi connectivity index (χ3v) is 4.64. The molecule has 0 saturated carbocycles. The number of dihydropyridines is 1.